The van der Waals surface area contributed by atoms with Gasteiger partial charge in [0.1, 0.15) is 5.01 Å². The molecule has 2 heterocycles. The van der Waals surface area contributed by atoms with Gasteiger partial charge in [0.15, 0.2) is 5.69 Å². The number of carboxylic acids is 1. The zero-order valence-corrected chi connectivity index (χ0v) is 9.71. The summed E-state index contributed by atoms with van der Waals surface area (Å²) >= 11 is 1.35. The molecule has 0 atom stereocenters. The monoisotopic (exact) mass is 234 g/mol. The van der Waals surface area contributed by atoms with Crippen molar-refractivity contribution in [1.82, 2.24) is 9.97 Å². The van der Waals surface area contributed by atoms with E-state index >= 15 is 0 Å². The molecule has 2 aromatic heterocycles. The van der Waals surface area contributed by atoms with Crippen LogP contribution in [0.5, 0.6) is 0 Å². The van der Waals surface area contributed by atoms with E-state index in [2.05, 4.69) is 9.97 Å². The highest BCUT2D eigenvalue weighted by molar-refractivity contribution is 7.15. The van der Waals surface area contributed by atoms with Crippen LogP contribution in [0.25, 0.3) is 10.7 Å². The van der Waals surface area contributed by atoms with E-state index in [1.54, 1.807) is 13.1 Å². The second-order valence-electron chi connectivity index (χ2n) is 3.45. The topological polar surface area (TPSA) is 63.1 Å². The fourth-order valence-corrected chi connectivity index (χ4v) is 2.18. The van der Waals surface area contributed by atoms with Crippen molar-refractivity contribution in [2.75, 3.05) is 0 Å². The molecule has 0 saturated carbocycles. The third-order valence-corrected chi connectivity index (χ3v) is 3.12. The van der Waals surface area contributed by atoms with Crippen molar-refractivity contribution >= 4 is 17.3 Å². The number of carbonyl (C=O) groups is 1. The summed E-state index contributed by atoms with van der Waals surface area (Å²) < 4.78 is 0. The van der Waals surface area contributed by atoms with Gasteiger partial charge >= 0.3 is 5.97 Å². The molecule has 0 aliphatic heterocycles. The third-order valence-electron chi connectivity index (χ3n) is 2.13. The van der Waals surface area contributed by atoms with Crippen molar-refractivity contribution < 1.29 is 9.90 Å². The predicted octanol–water partition coefficient (Wildman–Crippen LogP) is 2.52. The third kappa shape index (κ3) is 1.94. The lowest BCUT2D eigenvalue weighted by atomic mass is 10.3. The van der Waals surface area contributed by atoms with E-state index in [1.807, 2.05) is 19.1 Å². The van der Waals surface area contributed by atoms with E-state index in [1.165, 1.54) is 11.3 Å². The molecule has 0 amide bonds. The van der Waals surface area contributed by atoms with Crippen LogP contribution in [0.3, 0.4) is 0 Å². The minimum absolute atomic E-state index is 0.113. The first kappa shape index (κ1) is 10.8. The number of rotatable bonds is 2. The Labute approximate surface area is 96.6 Å². The zero-order chi connectivity index (χ0) is 11.7. The van der Waals surface area contributed by atoms with Gasteiger partial charge in [0.05, 0.1) is 5.69 Å². The lowest BCUT2D eigenvalue weighted by Crippen LogP contribution is -1.98. The summed E-state index contributed by atoms with van der Waals surface area (Å²) in [5.41, 5.74) is 1.89. The zero-order valence-electron chi connectivity index (χ0n) is 8.89. The van der Waals surface area contributed by atoms with Crippen LogP contribution in [0, 0.1) is 13.8 Å². The van der Waals surface area contributed by atoms with Crippen LogP contribution in [0.15, 0.2) is 18.3 Å². The van der Waals surface area contributed by atoms with Crippen molar-refractivity contribution in [2.24, 2.45) is 0 Å². The average molecular weight is 234 g/mol. The van der Waals surface area contributed by atoms with E-state index < -0.39 is 5.97 Å². The Hall–Kier alpha value is -1.75. The second kappa shape index (κ2) is 4.02. The Morgan fingerprint density at radius 1 is 1.38 bits per heavy atom. The van der Waals surface area contributed by atoms with E-state index in [9.17, 15) is 4.79 Å². The maximum Gasteiger partial charge on any atom is 0.355 e. The standard InChI is InChI=1S/C11H10N2O2S/c1-6-3-4-8(12-5-6)10-13-9(11(14)15)7(2)16-10/h3-5H,1-2H3,(H,14,15). The molecule has 2 aromatic rings. The summed E-state index contributed by atoms with van der Waals surface area (Å²) in [6.45, 7) is 3.70. The molecule has 0 bridgehead atoms. The Morgan fingerprint density at radius 3 is 2.62 bits per heavy atom. The number of carboxylic acid groups (broad SMARTS) is 1. The van der Waals surface area contributed by atoms with Gasteiger partial charge in [0.25, 0.3) is 0 Å². The summed E-state index contributed by atoms with van der Waals surface area (Å²) in [7, 11) is 0. The number of pyridine rings is 1. The van der Waals surface area contributed by atoms with Crippen LogP contribution < -0.4 is 0 Å². The van der Waals surface area contributed by atoms with Gasteiger partial charge in [0, 0.05) is 11.1 Å². The Balaban J connectivity index is 2.45. The van der Waals surface area contributed by atoms with E-state index in [0.29, 0.717) is 15.6 Å². The number of hydrogen-bond donors (Lipinski definition) is 1. The Kier molecular flexibility index (Phi) is 2.70. The summed E-state index contributed by atoms with van der Waals surface area (Å²) in [6.07, 6.45) is 1.74. The molecule has 5 heteroatoms. The normalized spacial score (nSPS) is 10.4. The summed E-state index contributed by atoms with van der Waals surface area (Å²) in [6, 6.07) is 3.78. The van der Waals surface area contributed by atoms with Gasteiger partial charge in [-0.2, -0.15) is 0 Å². The van der Waals surface area contributed by atoms with Crippen LogP contribution in [0.4, 0.5) is 0 Å². The van der Waals surface area contributed by atoms with Crippen LogP contribution in [0.2, 0.25) is 0 Å². The average Bonchev–Trinajstić information content (AvgIpc) is 2.61. The Bertz CT molecular complexity index is 531. The van der Waals surface area contributed by atoms with Gasteiger partial charge < -0.3 is 5.11 Å². The number of aromatic carboxylic acids is 1. The van der Waals surface area contributed by atoms with Crippen molar-refractivity contribution in [3.8, 4) is 10.7 Å². The molecule has 4 nitrogen and oxygen atoms in total. The molecule has 1 N–H and O–H groups in total. The van der Waals surface area contributed by atoms with Gasteiger partial charge in [-0.3, -0.25) is 4.98 Å². The van der Waals surface area contributed by atoms with Crippen LogP contribution in [0.1, 0.15) is 20.9 Å². The van der Waals surface area contributed by atoms with Crippen molar-refractivity contribution in [1.29, 1.82) is 0 Å². The summed E-state index contributed by atoms with van der Waals surface area (Å²) in [4.78, 5) is 19.8. The number of aryl methyl sites for hydroxylation is 2. The van der Waals surface area contributed by atoms with Crippen molar-refractivity contribution in [3.05, 3.63) is 34.5 Å². The predicted molar refractivity (Wildman–Crippen MR) is 61.8 cm³/mol. The largest absolute Gasteiger partial charge is 0.476 e. The minimum Gasteiger partial charge on any atom is -0.476 e. The van der Waals surface area contributed by atoms with E-state index in [-0.39, 0.29) is 5.69 Å². The van der Waals surface area contributed by atoms with Crippen LogP contribution in [-0.2, 0) is 0 Å². The molecule has 0 fully saturated rings. The highest BCUT2D eigenvalue weighted by Gasteiger charge is 2.15. The SMILES string of the molecule is Cc1ccc(-c2nc(C(=O)O)c(C)s2)nc1. The second-order valence-corrected chi connectivity index (χ2v) is 4.65. The first-order chi connectivity index (χ1) is 7.58. The van der Waals surface area contributed by atoms with Gasteiger partial charge in [0.2, 0.25) is 0 Å². The van der Waals surface area contributed by atoms with E-state index in [0.717, 1.165) is 5.56 Å². The molecule has 0 spiro atoms. The van der Waals surface area contributed by atoms with Crippen molar-refractivity contribution in [2.45, 2.75) is 13.8 Å². The lowest BCUT2D eigenvalue weighted by molar-refractivity contribution is 0.0690. The number of hydrogen-bond acceptors (Lipinski definition) is 4. The van der Waals surface area contributed by atoms with Gasteiger partial charge in [-0.1, -0.05) is 6.07 Å². The maximum absolute atomic E-state index is 10.8. The quantitative estimate of drug-likeness (QED) is 0.867. The molecule has 2 rings (SSSR count). The van der Waals surface area contributed by atoms with Crippen LogP contribution in [-0.4, -0.2) is 21.0 Å². The molecule has 0 aromatic carbocycles. The smallest absolute Gasteiger partial charge is 0.355 e. The maximum atomic E-state index is 10.8. The van der Waals surface area contributed by atoms with Crippen molar-refractivity contribution in [3.63, 3.8) is 0 Å². The molecule has 0 saturated heterocycles. The molecular formula is C11H10N2O2S. The van der Waals surface area contributed by atoms with Crippen LogP contribution >= 0.6 is 11.3 Å². The highest BCUT2D eigenvalue weighted by atomic mass is 32.1. The summed E-state index contributed by atoms with van der Waals surface area (Å²) in [5.74, 6) is -0.993. The lowest BCUT2D eigenvalue weighted by Gasteiger charge is -1.95. The molecule has 0 radical (unpaired) electrons. The van der Waals surface area contributed by atoms with Gasteiger partial charge in [-0.05, 0) is 25.5 Å². The first-order valence-corrected chi connectivity index (χ1v) is 5.53. The summed E-state index contributed by atoms with van der Waals surface area (Å²) in [5, 5.41) is 9.54. The number of thiazole rings is 1. The van der Waals surface area contributed by atoms with Gasteiger partial charge in [-0.15, -0.1) is 11.3 Å². The minimum atomic E-state index is -0.993. The van der Waals surface area contributed by atoms with Gasteiger partial charge in [-0.25, -0.2) is 9.78 Å². The first-order valence-electron chi connectivity index (χ1n) is 4.71. The fourth-order valence-electron chi connectivity index (χ4n) is 1.30. The molecule has 16 heavy (non-hydrogen) atoms. The molecule has 0 unspecified atom stereocenters. The molecule has 0 aliphatic carbocycles. The molecule has 0 aliphatic rings. The molecule has 82 valence electrons. The number of nitrogens with zero attached hydrogens (tertiary/aromatic N) is 2. The highest BCUT2D eigenvalue weighted by Crippen LogP contribution is 2.26. The fraction of sp³-hybridized carbons (Fsp3) is 0.182. The number of aromatic nitrogens is 2. The molecular weight excluding hydrogens is 224 g/mol. The van der Waals surface area contributed by atoms with E-state index in [4.69, 9.17) is 5.11 Å². The Morgan fingerprint density at radius 2 is 2.12 bits per heavy atom.